The monoisotopic (exact) mass is 387 g/mol. The van der Waals surface area contributed by atoms with Crippen LogP contribution in [-0.2, 0) is 6.54 Å². The lowest BCUT2D eigenvalue weighted by Crippen LogP contribution is -2.25. The Bertz CT molecular complexity index is 975. The molecule has 2 aromatic carbocycles. The van der Waals surface area contributed by atoms with Crippen LogP contribution >= 0.6 is 0 Å². The molecule has 1 unspecified atom stereocenters. The van der Waals surface area contributed by atoms with E-state index in [4.69, 9.17) is 4.74 Å². The van der Waals surface area contributed by atoms with Crippen molar-refractivity contribution in [3.05, 3.63) is 89.7 Å². The molecule has 1 aliphatic rings. The summed E-state index contributed by atoms with van der Waals surface area (Å²) in [7, 11) is 1.72. The lowest BCUT2D eigenvalue weighted by atomic mass is 9.97. The second kappa shape index (κ2) is 8.78. The van der Waals surface area contributed by atoms with Crippen LogP contribution in [0.2, 0.25) is 0 Å². The molecule has 148 valence electrons. The highest BCUT2D eigenvalue weighted by Crippen LogP contribution is 2.35. The van der Waals surface area contributed by atoms with Gasteiger partial charge in [0.2, 0.25) is 0 Å². The maximum absolute atomic E-state index is 12.5. The minimum atomic E-state index is -0.156. The van der Waals surface area contributed by atoms with Gasteiger partial charge in [-0.05, 0) is 35.7 Å². The van der Waals surface area contributed by atoms with Gasteiger partial charge in [0, 0.05) is 37.4 Å². The number of benzene rings is 2. The number of aromatic nitrogens is 1. The van der Waals surface area contributed by atoms with Gasteiger partial charge in [-0.3, -0.25) is 9.78 Å². The van der Waals surface area contributed by atoms with Gasteiger partial charge in [-0.1, -0.05) is 48.5 Å². The standard InChI is InChI=1S/C24H25N3O2/c1-29-23-10-6-5-9-21(23)19-12-14-27(17-19)20-11-13-25-22(15-20)24(28)26-16-18-7-3-2-4-8-18/h2-11,13,15,19H,12,14,16-17H2,1H3,(H,26,28). The third-order valence-corrected chi connectivity index (χ3v) is 5.40. The first-order valence-corrected chi connectivity index (χ1v) is 9.90. The Morgan fingerprint density at radius 1 is 1.14 bits per heavy atom. The number of hydrogen-bond donors (Lipinski definition) is 1. The predicted molar refractivity (Wildman–Crippen MR) is 114 cm³/mol. The van der Waals surface area contributed by atoms with Crippen molar-refractivity contribution in [1.29, 1.82) is 0 Å². The van der Waals surface area contributed by atoms with E-state index < -0.39 is 0 Å². The average molecular weight is 387 g/mol. The topological polar surface area (TPSA) is 54.5 Å². The summed E-state index contributed by atoms with van der Waals surface area (Å²) < 4.78 is 5.53. The first-order chi connectivity index (χ1) is 14.2. The van der Waals surface area contributed by atoms with Crippen LogP contribution in [0.5, 0.6) is 5.75 Å². The molecule has 0 spiro atoms. The number of methoxy groups -OCH3 is 1. The summed E-state index contributed by atoms with van der Waals surface area (Å²) in [6.07, 6.45) is 2.77. The van der Waals surface area contributed by atoms with Crippen LogP contribution in [0.15, 0.2) is 72.9 Å². The van der Waals surface area contributed by atoms with E-state index >= 15 is 0 Å². The molecule has 1 aromatic heterocycles. The van der Waals surface area contributed by atoms with E-state index in [9.17, 15) is 4.79 Å². The summed E-state index contributed by atoms with van der Waals surface area (Å²) in [5.74, 6) is 1.20. The summed E-state index contributed by atoms with van der Waals surface area (Å²) in [6.45, 7) is 2.33. The molecule has 1 amide bonds. The molecule has 1 N–H and O–H groups in total. The van der Waals surface area contributed by atoms with E-state index in [-0.39, 0.29) is 5.91 Å². The lowest BCUT2D eigenvalue weighted by Gasteiger charge is -2.20. The van der Waals surface area contributed by atoms with E-state index in [1.54, 1.807) is 13.3 Å². The highest BCUT2D eigenvalue weighted by molar-refractivity contribution is 5.93. The van der Waals surface area contributed by atoms with Crippen LogP contribution in [0.3, 0.4) is 0 Å². The Balaban J connectivity index is 1.43. The van der Waals surface area contributed by atoms with Crippen molar-refractivity contribution in [1.82, 2.24) is 10.3 Å². The van der Waals surface area contributed by atoms with Crippen LogP contribution in [0, 0.1) is 0 Å². The van der Waals surface area contributed by atoms with Crippen LogP contribution < -0.4 is 15.0 Å². The zero-order valence-electron chi connectivity index (χ0n) is 16.5. The van der Waals surface area contributed by atoms with E-state index in [1.165, 1.54) is 5.56 Å². The zero-order valence-corrected chi connectivity index (χ0v) is 16.5. The summed E-state index contributed by atoms with van der Waals surface area (Å²) in [6, 6.07) is 21.9. The van der Waals surface area contributed by atoms with Gasteiger partial charge in [-0.25, -0.2) is 0 Å². The minimum Gasteiger partial charge on any atom is -0.496 e. The fraction of sp³-hybridized carbons (Fsp3) is 0.250. The Labute approximate surface area is 171 Å². The number of nitrogens with one attached hydrogen (secondary N) is 1. The Hall–Kier alpha value is -3.34. The second-order valence-electron chi connectivity index (χ2n) is 7.24. The maximum atomic E-state index is 12.5. The third-order valence-electron chi connectivity index (χ3n) is 5.40. The van der Waals surface area contributed by atoms with Gasteiger partial charge in [-0.15, -0.1) is 0 Å². The number of carbonyl (C=O) groups excluding carboxylic acids is 1. The molecule has 1 fully saturated rings. The van der Waals surface area contributed by atoms with Gasteiger partial charge in [0.1, 0.15) is 11.4 Å². The molecular formula is C24H25N3O2. The molecular weight excluding hydrogens is 362 g/mol. The number of rotatable bonds is 6. The zero-order chi connectivity index (χ0) is 20.1. The van der Waals surface area contributed by atoms with Crippen molar-refractivity contribution in [3.8, 4) is 5.75 Å². The maximum Gasteiger partial charge on any atom is 0.270 e. The molecule has 4 rings (SSSR count). The van der Waals surface area contributed by atoms with Crippen molar-refractivity contribution in [2.45, 2.75) is 18.9 Å². The summed E-state index contributed by atoms with van der Waals surface area (Å²) in [5, 5.41) is 2.95. The molecule has 3 aromatic rings. The fourth-order valence-corrected chi connectivity index (χ4v) is 3.86. The number of para-hydroxylation sites is 1. The number of carbonyl (C=O) groups is 1. The van der Waals surface area contributed by atoms with Crippen LogP contribution in [0.1, 0.15) is 34.0 Å². The molecule has 29 heavy (non-hydrogen) atoms. The Morgan fingerprint density at radius 3 is 2.76 bits per heavy atom. The SMILES string of the molecule is COc1ccccc1C1CCN(c2ccnc(C(=O)NCc3ccccc3)c2)C1. The number of pyridine rings is 1. The summed E-state index contributed by atoms with van der Waals surface area (Å²) >= 11 is 0. The Morgan fingerprint density at radius 2 is 1.93 bits per heavy atom. The van der Waals surface area contributed by atoms with Crippen LogP contribution in [0.25, 0.3) is 0 Å². The summed E-state index contributed by atoms with van der Waals surface area (Å²) in [4.78, 5) is 19.1. The van der Waals surface area contributed by atoms with Gasteiger partial charge in [0.25, 0.3) is 5.91 Å². The van der Waals surface area contributed by atoms with Gasteiger partial charge in [0.15, 0.2) is 0 Å². The smallest absolute Gasteiger partial charge is 0.270 e. The van der Waals surface area contributed by atoms with Gasteiger partial charge in [-0.2, -0.15) is 0 Å². The highest BCUT2D eigenvalue weighted by Gasteiger charge is 2.26. The van der Waals surface area contributed by atoms with Crippen molar-refractivity contribution in [3.63, 3.8) is 0 Å². The highest BCUT2D eigenvalue weighted by atomic mass is 16.5. The molecule has 0 bridgehead atoms. The number of ether oxygens (including phenoxy) is 1. The lowest BCUT2D eigenvalue weighted by molar-refractivity contribution is 0.0946. The van der Waals surface area contributed by atoms with Crippen molar-refractivity contribution in [2.24, 2.45) is 0 Å². The normalized spacial score (nSPS) is 15.9. The first-order valence-electron chi connectivity index (χ1n) is 9.90. The second-order valence-corrected chi connectivity index (χ2v) is 7.24. The molecule has 0 radical (unpaired) electrons. The van der Waals surface area contributed by atoms with E-state index in [1.807, 2.05) is 54.6 Å². The molecule has 2 heterocycles. The molecule has 0 saturated carbocycles. The van der Waals surface area contributed by atoms with Crippen molar-refractivity contribution >= 4 is 11.6 Å². The van der Waals surface area contributed by atoms with E-state index in [2.05, 4.69) is 27.3 Å². The average Bonchev–Trinajstić information content (AvgIpc) is 3.28. The Kier molecular flexibility index (Phi) is 5.75. The quantitative estimate of drug-likeness (QED) is 0.694. The van der Waals surface area contributed by atoms with Crippen molar-refractivity contribution < 1.29 is 9.53 Å². The number of anilines is 1. The van der Waals surface area contributed by atoms with E-state index in [0.29, 0.717) is 18.2 Å². The first kappa shape index (κ1) is 19.0. The number of hydrogen-bond acceptors (Lipinski definition) is 4. The number of nitrogens with zero attached hydrogens (tertiary/aromatic N) is 2. The molecule has 1 aliphatic heterocycles. The molecule has 5 nitrogen and oxygen atoms in total. The van der Waals surface area contributed by atoms with Gasteiger partial charge in [0.05, 0.1) is 7.11 Å². The third kappa shape index (κ3) is 4.40. The van der Waals surface area contributed by atoms with Crippen molar-refractivity contribution in [2.75, 3.05) is 25.1 Å². The molecule has 0 aliphatic carbocycles. The molecule has 5 heteroatoms. The minimum absolute atomic E-state index is 0.156. The van der Waals surface area contributed by atoms with Crippen LogP contribution in [-0.4, -0.2) is 31.1 Å². The molecule has 1 atom stereocenters. The predicted octanol–water partition coefficient (Wildman–Crippen LogP) is 4.01. The fourth-order valence-electron chi connectivity index (χ4n) is 3.86. The van der Waals surface area contributed by atoms with Gasteiger partial charge >= 0.3 is 0 Å². The largest absolute Gasteiger partial charge is 0.496 e. The molecule has 1 saturated heterocycles. The van der Waals surface area contributed by atoms with Gasteiger partial charge < -0.3 is 15.0 Å². The van der Waals surface area contributed by atoms with Crippen LogP contribution in [0.4, 0.5) is 5.69 Å². The van der Waals surface area contributed by atoms with E-state index in [0.717, 1.165) is 36.5 Å². The summed E-state index contributed by atoms with van der Waals surface area (Å²) in [5.41, 5.74) is 3.78. The number of amides is 1.